The number of benzene rings is 1. The zero-order valence-corrected chi connectivity index (χ0v) is 26.7. The minimum absolute atomic E-state index is 0.0826. The van der Waals surface area contributed by atoms with Gasteiger partial charge in [-0.3, -0.25) is 4.79 Å². The second kappa shape index (κ2) is 11.7. The molecule has 1 saturated heterocycles. The van der Waals surface area contributed by atoms with Gasteiger partial charge in [0.2, 0.25) is 0 Å². The summed E-state index contributed by atoms with van der Waals surface area (Å²) in [6.45, 7) is 18.5. The Balaban J connectivity index is 1.75. The SMILES string of the molecule is CCCC1(CC)CC1c1nc(C(=O)NC2CCOCC2)sc1-c1ccc(S(=O)NC(C)(C)C)c(C(C)(C)C)c1. The van der Waals surface area contributed by atoms with Crippen LogP contribution in [-0.2, 0) is 21.1 Å². The van der Waals surface area contributed by atoms with Gasteiger partial charge in [0.25, 0.3) is 5.91 Å². The molecule has 2 fully saturated rings. The van der Waals surface area contributed by atoms with Gasteiger partial charge in [-0.15, -0.1) is 11.3 Å². The monoisotopic (exact) mass is 573 g/mol. The highest BCUT2D eigenvalue weighted by Crippen LogP contribution is 2.65. The quantitative estimate of drug-likeness (QED) is 0.335. The van der Waals surface area contributed by atoms with Gasteiger partial charge in [0.15, 0.2) is 5.01 Å². The van der Waals surface area contributed by atoms with Crippen molar-refractivity contribution in [1.29, 1.82) is 0 Å². The number of amides is 1. The molecule has 0 bridgehead atoms. The van der Waals surface area contributed by atoms with Crippen LogP contribution < -0.4 is 10.0 Å². The molecule has 0 spiro atoms. The zero-order valence-electron chi connectivity index (χ0n) is 25.0. The average molecular weight is 574 g/mol. The Morgan fingerprint density at radius 3 is 2.44 bits per heavy atom. The van der Waals surface area contributed by atoms with Crippen molar-refractivity contribution in [2.75, 3.05) is 13.2 Å². The lowest BCUT2D eigenvalue weighted by atomic mass is 9.85. The molecule has 39 heavy (non-hydrogen) atoms. The van der Waals surface area contributed by atoms with Crippen molar-refractivity contribution in [3.8, 4) is 10.4 Å². The van der Waals surface area contributed by atoms with Crippen LogP contribution in [0.2, 0.25) is 0 Å². The normalized spacial score (nSPS) is 23.0. The predicted octanol–water partition coefficient (Wildman–Crippen LogP) is 7.11. The molecule has 8 heteroatoms. The van der Waals surface area contributed by atoms with Gasteiger partial charge >= 0.3 is 0 Å². The van der Waals surface area contributed by atoms with Crippen molar-refractivity contribution < 1.29 is 13.7 Å². The third kappa shape index (κ3) is 7.00. The number of hydrogen-bond donors (Lipinski definition) is 2. The highest BCUT2D eigenvalue weighted by molar-refractivity contribution is 7.83. The first kappa shape index (κ1) is 30.4. The fourth-order valence-corrected chi connectivity index (χ4v) is 8.24. The molecule has 1 aromatic heterocycles. The van der Waals surface area contributed by atoms with E-state index in [9.17, 15) is 9.00 Å². The molecule has 2 aromatic rings. The third-order valence-corrected chi connectivity index (χ3v) is 10.7. The molecule has 0 radical (unpaired) electrons. The average Bonchev–Trinajstić information content (AvgIpc) is 3.39. The van der Waals surface area contributed by atoms with Crippen LogP contribution in [0.4, 0.5) is 0 Å². The van der Waals surface area contributed by atoms with Gasteiger partial charge < -0.3 is 10.1 Å². The molecule has 1 amide bonds. The molecular formula is C31H47N3O3S2. The number of aromatic nitrogens is 1. The smallest absolute Gasteiger partial charge is 0.280 e. The Morgan fingerprint density at radius 2 is 1.85 bits per heavy atom. The molecule has 1 saturated carbocycles. The summed E-state index contributed by atoms with van der Waals surface area (Å²) in [6, 6.07) is 6.39. The Morgan fingerprint density at radius 1 is 1.15 bits per heavy atom. The summed E-state index contributed by atoms with van der Waals surface area (Å²) in [5.74, 6) is 0.286. The van der Waals surface area contributed by atoms with Gasteiger partial charge in [-0.2, -0.15) is 0 Å². The molecule has 4 rings (SSSR count). The third-order valence-electron chi connectivity index (χ3n) is 8.02. The molecule has 1 aliphatic carbocycles. The van der Waals surface area contributed by atoms with Gasteiger partial charge in [0.1, 0.15) is 11.0 Å². The van der Waals surface area contributed by atoms with Crippen molar-refractivity contribution in [3.63, 3.8) is 0 Å². The predicted molar refractivity (Wildman–Crippen MR) is 162 cm³/mol. The summed E-state index contributed by atoms with van der Waals surface area (Å²) in [5, 5.41) is 3.75. The van der Waals surface area contributed by atoms with Crippen LogP contribution in [0.15, 0.2) is 23.1 Å². The highest BCUT2D eigenvalue weighted by Gasteiger charge is 2.54. The topological polar surface area (TPSA) is 80.3 Å². The lowest BCUT2D eigenvalue weighted by Gasteiger charge is -2.26. The first-order valence-electron chi connectivity index (χ1n) is 14.5. The van der Waals surface area contributed by atoms with Crippen LogP contribution in [0.1, 0.15) is 121 Å². The van der Waals surface area contributed by atoms with Gasteiger partial charge in [-0.1, -0.05) is 47.1 Å². The minimum atomic E-state index is -1.34. The fourth-order valence-electron chi connectivity index (χ4n) is 5.79. The van der Waals surface area contributed by atoms with E-state index in [-0.39, 0.29) is 28.3 Å². The number of carbonyl (C=O) groups is 1. The van der Waals surface area contributed by atoms with Gasteiger partial charge in [0.05, 0.1) is 15.5 Å². The van der Waals surface area contributed by atoms with E-state index >= 15 is 0 Å². The molecule has 3 unspecified atom stereocenters. The van der Waals surface area contributed by atoms with E-state index in [1.165, 1.54) is 17.8 Å². The number of ether oxygens (including phenoxy) is 1. The molecule has 216 valence electrons. The van der Waals surface area contributed by atoms with Gasteiger partial charge in [-0.05, 0) is 87.0 Å². The van der Waals surface area contributed by atoms with Crippen LogP contribution in [0, 0.1) is 5.41 Å². The van der Waals surface area contributed by atoms with Crippen LogP contribution >= 0.6 is 11.3 Å². The summed E-state index contributed by atoms with van der Waals surface area (Å²) in [6.07, 6.45) is 6.25. The van der Waals surface area contributed by atoms with E-state index in [1.807, 2.05) is 26.8 Å². The number of nitrogens with zero attached hydrogens (tertiary/aromatic N) is 1. The molecule has 6 nitrogen and oxygen atoms in total. The number of carbonyl (C=O) groups excluding carboxylic acids is 1. The van der Waals surface area contributed by atoms with Crippen molar-refractivity contribution in [2.45, 2.75) is 122 Å². The summed E-state index contributed by atoms with van der Waals surface area (Å²) < 4.78 is 22.1. The number of hydrogen-bond acceptors (Lipinski definition) is 5. The first-order chi connectivity index (χ1) is 18.3. The summed E-state index contributed by atoms with van der Waals surface area (Å²) in [4.78, 5) is 20.3. The molecule has 3 atom stereocenters. The first-order valence-corrected chi connectivity index (χ1v) is 16.5. The molecular weight excluding hydrogens is 526 g/mol. The van der Waals surface area contributed by atoms with Crippen LogP contribution in [-0.4, -0.2) is 39.9 Å². The zero-order chi connectivity index (χ0) is 28.6. The Hall–Kier alpha value is -1.61. The van der Waals surface area contributed by atoms with E-state index < -0.39 is 11.0 Å². The molecule has 1 aromatic carbocycles. The molecule has 2 heterocycles. The Labute approximate surface area is 241 Å². The second-order valence-electron chi connectivity index (χ2n) is 13.4. The van der Waals surface area contributed by atoms with E-state index in [4.69, 9.17) is 9.72 Å². The Bertz CT molecular complexity index is 1200. The van der Waals surface area contributed by atoms with Crippen molar-refractivity contribution in [3.05, 3.63) is 34.5 Å². The standard InChI is InChI=1S/C31H47N3O3S2/c1-9-15-31(10-2)19-23(31)25-26(38-28(33-25)27(35)32-21-13-16-37-17-14-21)20-11-12-24(22(18-20)29(3,4)5)39(36)34-30(6,7)8/h11-12,18,21,23,34H,9-10,13-17,19H2,1-8H3,(H,32,35). The van der Waals surface area contributed by atoms with Crippen molar-refractivity contribution >= 4 is 28.2 Å². The van der Waals surface area contributed by atoms with Crippen molar-refractivity contribution in [1.82, 2.24) is 15.0 Å². The van der Waals surface area contributed by atoms with Crippen LogP contribution in [0.5, 0.6) is 0 Å². The van der Waals surface area contributed by atoms with E-state index in [1.54, 1.807) is 0 Å². The van der Waals surface area contributed by atoms with E-state index in [2.05, 4.69) is 56.8 Å². The lowest BCUT2D eigenvalue weighted by Crippen LogP contribution is -2.38. The number of thiazole rings is 1. The molecule has 2 aliphatic rings. The van der Waals surface area contributed by atoms with Crippen molar-refractivity contribution in [2.24, 2.45) is 5.41 Å². The summed E-state index contributed by atoms with van der Waals surface area (Å²) in [7, 11) is -1.34. The number of rotatable bonds is 9. The maximum atomic E-state index is 13.4. The van der Waals surface area contributed by atoms with Crippen LogP contribution in [0.3, 0.4) is 0 Å². The molecule has 2 N–H and O–H groups in total. The lowest BCUT2D eigenvalue weighted by molar-refractivity contribution is 0.0696. The largest absolute Gasteiger partial charge is 0.381 e. The summed E-state index contributed by atoms with van der Waals surface area (Å²) in [5.41, 5.74) is 2.97. The maximum Gasteiger partial charge on any atom is 0.280 e. The van der Waals surface area contributed by atoms with E-state index in [0.717, 1.165) is 58.7 Å². The highest BCUT2D eigenvalue weighted by atomic mass is 32.2. The number of nitrogens with one attached hydrogen (secondary N) is 2. The van der Waals surface area contributed by atoms with E-state index in [0.29, 0.717) is 24.1 Å². The summed E-state index contributed by atoms with van der Waals surface area (Å²) >= 11 is 1.50. The minimum Gasteiger partial charge on any atom is -0.381 e. The maximum absolute atomic E-state index is 13.4. The second-order valence-corrected chi connectivity index (χ2v) is 15.6. The Kier molecular flexibility index (Phi) is 9.11. The van der Waals surface area contributed by atoms with Crippen LogP contribution in [0.25, 0.3) is 10.4 Å². The fraction of sp³-hybridized carbons (Fsp3) is 0.677. The van der Waals surface area contributed by atoms with Gasteiger partial charge in [0, 0.05) is 30.7 Å². The molecule has 1 aliphatic heterocycles. The van der Waals surface area contributed by atoms with Gasteiger partial charge in [-0.25, -0.2) is 13.9 Å².